The maximum Gasteiger partial charge on any atom is 0.234 e. The summed E-state index contributed by atoms with van der Waals surface area (Å²) >= 11 is 0. The summed E-state index contributed by atoms with van der Waals surface area (Å²) in [5.41, 5.74) is 4.88. The van der Waals surface area contributed by atoms with Crippen LogP contribution in [-0.4, -0.2) is 34.2 Å². The van der Waals surface area contributed by atoms with Crippen molar-refractivity contribution in [1.29, 1.82) is 0 Å². The Morgan fingerprint density at radius 1 is 1.10 bits per heavy atom. The number of nitrogens with zero attached hydrogens (tertiary/aromatic N) is 3. The topological polar surface area (TPSA) is 50.2 Å². The molecule has 2 aromatic carbocycles. The summed E-state index contributed by atoms with van der Waals surface area (Å²) in [5.74, 6) is 0.0668. The number of amides is 1. The standard InChI is InChI=1S/C24H28N4O/c1-27(16-19-9-4-2-5-10-19)18-24(29)26-22-13-8-14-23-21(22)15-25-28(23)17-20-11-6-3-7-12-20/h2-7,9-12,15,22H,8,13-14,16-18H2,1H3,(H,26,29). The predicted octanol–water partition coefficient (Wildman–Crippen LogP) is 3.56. The average molecular weight is 389 g/mol. The molecule has 4 rings (SSSR count). The lowest BCUT2D eigenvalue weighted by Gasteiger charge is -2.25. The highest BCUT2D eigenvalue weighted by molar-refractivity contribution is 5.78. The van der Waals surface area contributed by atoms with Crippen LogP contribution in [0.15, 0.2) is 66.9 Å². The molecule has 0 bridgehead atoms. The van der Waals surface area contributed by atoms with E-state index in [1.54, 1.807) is 0 Å². The minimum Gasteiger partial charge on any atom is -0.348 e. The lowest BCUT2D eigenvalue weighted by Crippen LogP contribution is -2.38. The van der Waals surface area contributed by atoms with Gasteiger partial charge in [0, 0.05) is 17.8 Å². The molecular formula is C24H28N4O. The van der Waals surface area contributed by atoms with E-state index >= 15 is 0 Å². The summed E-state index contributed by atoms with van der Waals surface area (Å²) in [6.07, 6.45) is 5.00. The van der Waals surface area contributed by atoms with Crippen LogP contribution >= 0.6 is 0 Å². The second kappa shape index (κ2) is 9.05. The molecule has 1 aliphatic carbocycles. The van der Waals surface area contributed by atoms with E-state index in [0.29, 0.717) is 6.54 Å². The van der Waals surface area contributed by atoms with Crippen LogP contribution in [0.5, 0.6) is 0 Å². The Morgan fingerprint density at radius 2 is 1.79 bits per heavy atom. The Labute approximate surface area is 172 Å². The molecule has 5 heteroatoms. The Morgan fingerprint density at radius 3 is 2.52 bits per heavy atom. The van der Waals surface area contributed by atoms with Crippen LogP contribution < -0.4 is 5.32 Å². The summed E-state index contributed by atoms with van der Waals surface area (Å²) in [6, 6.07) is 20.7. The highest BCUT2D eigenvalue weighted by atomic mass is 16.2. The van der Waals surface area contributed by atoms with Crippen molar-refractivity contribution >= 4 is 5.91 Å². The van der Waals surface area contributed by atoms with Gasteiger partial charge >= 0.3 is 0 Å². The van der Waals surface area contributed by atoms with Crippen LogP contribution in [-0.2, 0) is 24.3 Å². The molecule has 0 radical (unpaired) electrons. The van der Waals surface area contributed by atoms with Crippen LogP contribution in [0.2, 0.25) is 0 Å². The Kier molecular flexibility index (Phi) is 6.06. The summed E-state index contributed by atoms with van der Waals surface area (Å²) in [7, 11) is 1.98. The Hall–Kier alpha value is -2.92. The number of carbonyl (C=O) groups is 1. The number of rotatable bonds is 7. The molecule has 1 aliphatic rings. The molecular weight excluding hydrogens is 360 g/mol. The van der Waals surface area contributed by atoms with Crippen molar-refractivity contribution in [2.45, 2.75) is 38.4 Å². The van der Waals surface area contributed by atoms with Gasteiger partial charge in [-0.1, -0.05) is 60.7 Å². The smallest absolute Gasteiger partial charge is 0.234 e. The van der Waals surface area contributed by atoms with Crippen molar-refractivity contribution in [3.63, 3.8) is 0 Å². The summed E-state index contributed by atoms with van der Waals surface area (Å²) in [6.45, 7) is 1.93. The zero-order valence-corrected chi connectivity index (χ0v) is 16.9. The first kappa shape index (κ1) is 19.4. The normalized spacial score (nSPS) is 15.9. The highest BCUT2D eigenvalue weighted by Crippen LogP contribution is 2.30. The van der Waals surface area contributed by atoms with E-state index in [2.05, 4.69) is 51.5 Å². The molecule has 1 N–H and O–H groups in total. The highest BCUT2D eigenvalue weighted by Gasteiger charge is 2.25. The number of nitrogens with one attached hydrogen (secondary N) is 1. The molecule has 1 atom stereocenters. The number of likely N-dealkylation sites (N-methyl/N-ethyl adjacent to an activating group) is 1. The molecule has 0 fully saturated rings. The first-order valence-corrected chi connectivity index (χ1v) is 10.3. The minimum absolute atomic E-state index is 0.0564. The monoisotopic (exact) mass is 388 g/mol. The van der Waals surface area contributed by atoms with Gasteiger partial charge in [-0.2, -0.15) is 5.10 Å². The summed E-state index contributed by atoms with van der Waals surface area (Å²) in [4.78, 5) is 14.7. The lowest BCUT2D eigenvalue weighted by atomic mass is 9.93. The Bertz CT molecular complexity index is 936. The van der Waals surface area contributed by atoms with Gasteiger partial charge in [-0.15, -0.1) is 0 Å². The molecule has 1 aromatic heterocycles. The third-order valence-corrected chi connectivity index (χ3v) is 5.48. The molecule has 0 aliphatic heterocycles. The first-order valence-electron chi connectivity index (χ1n) is 10.3. The van der Waals surface area contributed by atoms with Gasteiger partial charge < -0.3 is 5.32 Å². The van der Waals surface area contributed by atoms with E-state index < -0.39 is 0 Å². The molecule has 1 amide bonds. The van der Waals surface area contributed by atoms with Gasteiger partial charge in [-0.05, 0) is 37.4 Å². The van der Waals surface area contributed by atoms with Crippen LogP contribution in [0.3, 0.4) is 0 Å². The van der Waals surface area contributed by atoms with Gasteiger partial charge in [0.15, 0.2) is 0 Å². The molecule has 1 heterocycles. The molecule has 5 nitrogen and oxygen atoms in total. The summed E-state index contributed by atoms with van der Waals surface area (Å²) in [5, 5.41) is 7.86. The fourth-order valence-corrected chi connectivity index (χ4v) is 4.10. The van der Waals surface area contributed by atoms with Crippen molar-refractivity contribution in [2.24, 2.45) is 0 Å². The third-order valence-electron chi connectivity index (χ3n) is 5.48. The molecule has 1 unspecified atom stereocenters. The second-order valence-electron chi connectivity index (χ2n) is 7.86. The number of aromatic nitrogens is 2. The third kappa shape index (κ3) is 4.93. The van der Waals surface area contributed by atoms with Gasteiger partial charge in [-0.25, -0.2) is 0 Å². The fourth-order valence-electron chi connectivity index (χ4n) is 4.10. The number of benzene rings is 2. The maximum atomic E-state index is 12.6. The van der Waals surface area contributed by atoms with Crippen molar-refractivity contribution in [1.82, 2.24) is 20.0 Å². The van der Waals surface area contributed by atoms with E-state index in [0.717, 1.165) is 32.4 Å². The van der Waals surface area contributed by atoms with E-state index in [-0.39, 0.29) is 11.9 Å². The fraction of sp³-hybridized carbons (Fsp3) is 0.333. The average Bonchev–Trinajstić information content (AvgIpc) is 3.13. The van der Waals surface area contributed by atoms with E-state index in [1.807, 2.05) is 42.4 Å². The number of hydrogen-bond acceptors (Lipinski definition) is 3. The molecule has 29 heavy (non-hydrogen) atoms. The maximum absolute atomic E-state index is 12.6. The largest absolute Gasteiger partial charge is 0.348 e. The van der Waals surface area contributed by atoms with Gasteiger partial charge in [0.25, 0.3) is 0 Å². The summed E-state index contributed by atoms with van der Waals surface area (Å²) < 4.78 is 2.09. The van der Waals surface area contributed by atoms with Crippen LogP contribution in [0.25, 0.3) is 0 Å². The molecule has 150 valence electrons. The van der Waals surface area contributed by atoms with Crippen molar-refractivity contribution in [3.8, 4) is 0 Å². The van der Waals surface area contributed by atoms with Crippen molar-refractivity contribution in [3.05, 3.63) is 89.2 Å². The minimum atomic E-state index is 0.0564. The van der Waals surface area contributed by atoms with E-state index in [9.17, 15) is 4.79 Å². The van der Waals surface area contributed by atoms with Crippen LogP contribution in [0, 0.1) is 0 Å². The zero-order chi connectivity index (χ0) is 20.1. The Balaban J connectivity index is 1.37. The lowest BCUT2D eigenvalue weighted by molar-refractivity contribution is -0.122. The predicted molar refractivity (Wildman–Crippen MR) is 114 cm³/mol. The number of carbonyl (C=O) groups excluding carboxylic acids is 1. The first-order chi connectivity index (χ1) is 14.2. The molecule has 0 spiro atoms. The van der Waals surface area contributed by atoms with Gasteiger partial charge in [-0.3, -0.25) is 14.4 Å². The molecule has 0 saturated heterocycles. The van der Waals surface area contributed by atoms with Gasteiger partial charge in [0.05, 0.1) is 25.3 Å². The van der Waals surface area contributed by atoms with Crippen LogP contribution in [0.1, 0.15) is 41.3 Å². The van der Waals surface area contributed by atoms with E-state index in [4.69, 9.17) is 0 Å². The van der Waals surface area contributed by atoms with Crippen molar-refractivity contribution in [2.75, 3.05) is 13.6 Å². The zero-order valence-electron chi connectivity index (χ0n) is 16.9. The van der Waals surface area contributed by atoms with Crippen LogP contribution in [0.4, 0.5) is 0 Å². The molecule has 3 aromatic rings. The van der Waals surface area contributed by atoms with Crippen molar-refractivity contribution < 1.29 is 4.79 Å². The number of fused-ring (bicyclic) bond motifs is 1. The van der Waals surface area contributed by atoms with Gasteiger partial charge in [0.1, 0.15) is 0 Å². The van der Waals surface area contributed by atoms with E-state index in [1.165, 1.54) is 22.4 Å². The number of hydrogen-bond donors (Lipinski definition) is 1. The molecule has 0 saturated carbocycles. The second-order valence-corrected chi connectivity index (χ2v) is 7.86. The quantitative estimate of drug-likeness (QED) is 0.673. The van der Waals surface area contributed by atoms with Gasteiger partial charge in [0.2, 0.25) is 5.91 Å². The SMILES string of the molecule is CN(CC(=O)NC1CCCc2c1cnn2Cc1ccccc1)Cc1ccccc1.